The number of rotatable bonds is 2. The topological polar surface area (TPSA) is 41.8 Å². The van der Waals surface area contributed by atoms with Crippen molar-refractivity contribution in [1.82, 2.24) is 4.98 Å². The summed E-state index contributed by atoms with van der Waals surface area (Å²) in [5.74, 6) is -0.323. The van der Waals surface area contributed by atoms with Gasteiger partial charge in [-0.05, 0) is 30.7 Å². The van der Waals surface area contributed by atoms with Crippen molar-refractivity contribution in [3.63, 3.8) is 0 Å². The second kappa shape index (κ2) is 3.59. The minimum Gasteiger partial charge on any atom is -0.359 e. The van der Waals surface area contributed by atoms with E-state index in [1.54, 1.807) is 12.3 Å². The Hall–Kier alpha value is -1.06. The van der Waals surface area contributed by atoms with E-state index in [1.165, 1.54) is 6.07 Å². The predicted molar refractivity (Wildman–Crippen MR) is 56.0 cm³/mol. The van der Waals surface area contributed by atoms with Crippen molar-refractivity contribution in [2.75, 3.05) is 6.54 Å². The van der Waals surface area contributed by atoms with Gasteiger partial charge in [0, 0.05) is 16.6 Å². The molecule has 0 spiro atoms. The van der Waals surface area contributed by atoms with Gasteiger partial charge in [-0.2, -0.15) is 0 Å². The molecule has 0 aliphatic heterocycles. The van der Waals surface area contributed by atoms with Crippen LogP contribution in [0.15, 0.2) is 18.3 Å². The van der Waals surface area contributed by atoms with Gasteiger partial charge in [-0.15, -0.1) is 0 Å². The molecule has 74 valence electrons. The Bertz CT molecular complexity index is 464. The normalized spacial score (nSPS) is 11.1. The number of benzene rings is 1. The van der Waals surface area contributed by atoms with Crippen LogP contribution in [-0.2, 0) is 6.42 Å². The van der Waals surface area contributed by atoms with Crippen LogP contribution in [0.5, 0.6) is 0 Å². The molecular formula is C10H10ClFN2. The minimum absolute atomic E-state index is 0.323. The number of aromatic nitrogens is 1. The Kier molecular flexibility index (Phi) is 2.44. The van der Waals surface area contributed by atoms with Gasteiger partial charge in [0.15, 0.2) is 0 Å². The highest BCUT2D eigenvalue weighted by atomic mass is 35.5. The average molecular weight is 213 g/mol. The zero-order chi connectivity index (χ0) is 10.1. The van der Waals surface area contributed by atoms with Gasteiger partial charge in [-0.1, -0.05) is 11.6 Å². The molecule has 0 atom stereocenters. The largest absolute Gasteiger partial charge is 0.359 e. The fourth-order valence-corrected chi connectivity index (χ4v) is 1.78. The highest BCUT2D eigenvalue weighted by Gasteiger charge is 2.08. The molecule has 3 N–H and O–H groups in total. The lowest BCUT2D eigenvalue weighted by Gasteiger charge is -1.97. The molecule has 0 amide bonds. The SMILES string of the molecule is NCCc1c[nH]c2c(F)cc(Cl)cc12. The van der Waals surface area contributed by atoms with E-state index in [0.717, 1.165) is 17.4 Å². The van der Waals surface area contributed by atoms with Gasteiger partial charge in [0.25, 0.3) is 0 Å². The molecule has 0 bridgehead atoms. The summed E-state index contributed by atoms with van der Waals surface area (Å²) in [5.41, 5.74) is 6.95. The molecule has 0 saturated heterocycles. The van der Waals surface area contributed by atoms with Crippen molar-refractivity contribution in [2.24, 2.45) is 5.73 Å². The summed E-state index contributed by atoms with van der Waals surface area (Å²) < 4.78 is 13.4. The number of hydrogen-bond donors (Lipinski definition) is 2. The van der Waals surface area contributed by atoms with E-state index >= 15 is 0 Å². The van der Waals surface area contributed by atoms with Gasteiger partial charge in [-0.25, -0.2) is 4.39 Å². The van der Waals surface area contributed by atoms with Crippen LogP contribution >= 0.6 is 11.6 Å². The molecule has 2 rings (SSSR count). The predicted octanol–water partition coefficient (Wildman–Crippen LogP) is 2.46. The van der Waals surface area contributed by atoms with Crippen LogP contribution in [0.3, 0.4) is 0 Å². The van der Waals surface area contributed by atoms with Crippen LogP contribution in [-0.4, -0.2) is 11.5 Å². The Morgan fingerprint density at radius 1 is 1.43 bits per heavy atom. The molecule has 1 heterocycles. The van der Waals surface area contributed by atoms with Gasteiger partial charge < -0.3 is 10.7 Å². The second-order valence-electron chi connectivity index (χ2n) is 3.16. The molecule has 2 nitrogen and oxygen atoms in total. The minimum atomic E-state index is -0.323. The Labute approximate surface area is 85.9 Å². The molecular weight excluding hydrogens is 203 g/mol. The van der Waals surface area contributed by atoms with Crippen molar-refractivity contribution in [1.29, 1.82) is 0 Å². The lowest BCUT2D eigenvalue weighted by Crippen LogP contribution is -2.01. The molecule has 4 heteroatoms. The summed E-state index contributed by atoms with van der Waals surface area (Å²) >= 11 is 5.77. The molecule has 0 saturated carbocycles. The summed E-state index contributed by atoms with van der Waals surface area (Å²) in [6.07, 6.45) is 2.50. The first-order valence-corrected chi connectivity index (χ1v) is 4.75. The standard InChI is InChI=1S/C10H10ClFN2/c11-7-3-8-6(1-2-13)5-14-10(8)9(12)4-7/h3-5,14H,1-2,13H2. The number of hydrogen-bond acceptors (Lipinski definition) is 1. The third kappa shape index (κ3) is 1.49. The van der Waals surface area contributed by atoms with Crippen molar-refractivity contribution in [3.8, 4) is 0 Å². The molecule has 1 aromatic heterocycles. The van der Waals surface area contributed by atoms with Crippen molar-refractivity contribution in [3.05, 3.63) is 34.7 Å². The van der Waals surface area contributed by atoms with Crippen LogP contribution in [0.1, 0.15) is 5.56 Å². The number of H-pyrrole nitrogens is 1. The van der Waals surface area contributed by atoms with Gasteiger partial charge >= 0.3 is 0 Å². The third-order valence-electron chi connectivity index (χ3n) is 2.21. The Balaban J connectivity index is 2.66. The first-order valence-electron chi connectivity index (χ1n) is 4.37. The summed E-state index contributed by atoms with van der Waals surface area (Å²) in [6, 6.07) is 3.05. The van der Waals surface area contributed by atoms with Crippen LogP contribution < -0.4 is 5.73 Å². The van der Waals surface area contributed by atoms with E-state index in [0.29, 0.717) is 17.1 Å². The lowest BCUT2D eigenvalue weighted by molar-refractivity contribution is 0.637. The summed E-state index contributed by atoms with van der Waals surface area (Å²) in [4.78, 5) is 2.88. The highest BCUT2D eigenvalue weighted by molar-refractivity contribution is 6.31. The smallest absolute Gasteiger partial charge is 0.148 e. The average Bonchev–Trinajstić information content (AvgIpc) is 2.49. The Morgan fingerprint density at radius 2 is 2.21 bits per heavy atom. The highest BCUT2D eigenvalue weighted by Crippen LogP contribution is 2.25. The van der Waals surface area contributed by atoms with Crippen LogP contribution in [0.25, 0.3) is 10.9 Å². The summed E-state index contributed by atoms with van der Waals surface area (Å²) in [5, 5.41) is 1.23. The fourth-order valence-electron chi connectivity index (χ4n) is 1.57. The first kappa shape index (κ1) is 9.49. The van der Waals surface area contributed by atoms with E-state index < -0.39 is 0 Å². The zero-order valence-corrected chi connectivity index (χ0v) is 8.24. The van der Waals surface area contributed by atoms with E-state index in [1.807, 2.05) is 0 Å². The molecule has 14 heavy (non-hydrogen) atoms. The fraction of sp³-hybridized carbons (Fsp3) is 0.200. The third-order valence-corrected chi connectivity index (χ3v) is 2.42. The van der Waals surface area contributed by atoms with Crippen LogP contribution in [0.4, 0.5) is 4.39 Å². The summed E-state index contributed by atoms with van der Waals surface area (Å²) in [6.45, 7) is 0.543. The van der Waals surface area contributed by atoms with E-state index in [4.69, 9.17) is 17.3 Å². The molecule has 2 aromatic rings. The quantitative estimate of drug-likeness (QED) is 0.789. The molecule has 0 fully saturated rings. The monoisotopic (exact) mass is 212 g/mol. The van der Waals surface area contributed by atoms with Gasteiger partial charge in [-0.3, -0.25) is 0 Å². The maximum atomic E-state index is 13.4. The van der Waals surface area contributed by atoms with Crippen molar-refractivity contribution in [2.45, 2.75) is 6.42 Å². The number of nitrogens with one attached hydrogen (secondary N) is 1. The van der Waals surface area contributed by atoms with Gasteiger partial charge in [0.2, 0.25) is 0 Å². The lowest BCUT2D eigenvalue weighted by atomic mass is 10.1. The zero-order valence-electron chi connectivity index (χ0n) is 7.48. The van der Waals surface area contributed by atoms with Gasteiger partial charge in [0.1, 0.15) is 5.82 Å². The number of nitrogens with two attached hydrogens (primary N) is 1. The van der Waals surface area contributed by atoms with E-state index in [-0.39, 0.29) is 5.82 Å². The first-order chi connectivity index (χ1) is 6.72. The molecule has 0 aliphatic carbocycles. The summed E-state index contributed by atoms with van der Waals surface area (Å²) in [7, 11) is 0. The molecule has 0 aliphatic rings. The Morgan fingerprint density at radius 3 is 2.93 bits per heavy atom. The number of aromatic amines is 1. The molecule has 0 unspecified atom stereocenters. The van der Waals surface area contributed by atoms with Crippen molar-refractivity contribution < 1.29 is 4.39 Å². The molecule has 0 radical (unpaired) electrons. The van der Waals surface area contributed by atoms with E-state index in [9.17, 15) is 4.39 Å². The van der Waals surface area contributed by atoms with Crippen LogP contribution in [0.2, 0.25) is 5.02 Å². The maximum absolute atomic E-state index is 13.4. The maximum Gasteiger partial charge on any atom is 0.148 e. The van der Waals surface area contributed by atoms with Gasteiger partial charge in [0.05, 0.1) is 5.52 Å². The second-order valence-corrected chi connectivity index (χ2v) is 3.60. The number of halogens is 2. The van der Waals surface area contributed by atoms with Crippen molar-refractivity contribution >= 4 is 22.5 Å². The van der Waals surface area contributed by atoms with E-state index in [2.05, 4.69) is 4.98 Å². The van der Waals surface area contributed by atoms with Crippen LogP contribution in [0, 0.1) is 5.82 Å². The molecule has 1 aromatic carbocycles. The number of fused-ring (bicyclic) bond motifs is 1.